The number of nitrogens with one attached hydrogen (secondary N) is 2. The highest BCUT2D eigenvalue weighted by molar-refractivity contribution is 7.61. The molecule has 4 rings (SSSR count). The number of carbonyl (C=O) groups excluding carboxylic acids is 1. The van der Waals surface area contributed by atoms with E-state index in [1.54, 1.807) is 30.3 Å². The Morgan fingerprint density at radius 1 is 0.933 bits per heavy atom. The molecule has 2 aromatic rings. The summed E-state index contributed by atoms with van der Waals surface area (Å²) in [5.41, 5.74) is -1.21. The number of carbonyl (C=O) groups is 1. The molecular weight excluding hydrogens is 652 g/mol. The summed E-state index contributed by atoms with van der Waals surface area (Å²) in [6.45, 7) is -1.96. The van der Waals surface area contributed by atoms with Crippen molar-refractivity contribution in [3.8, 4) is 0 Å². The van der Waals surface area contributed by atoms with Crippen molar-refractivity contribution < 1.29 is 72.1 Å². The van der Waals surface area contributed by atoms with Crippen molar-refractivity contribution in [2.24, 2.45) is 0 Å². The molecule has 11 atom stereocenters. The van der Waals surface area contributed by atoms with Gasteiger partial charge in [0.25, 0.3) is 5.56 Å². The zero-order valence-electron chi connectivity index (χ0n) is 22.9. The lowest BCUT2D eigenvalue weighted by Crippen LogP contribution is -2.64. The Labute approximate surface area is 252 Å². The minimum absolute atomic E-state index is 0.231. The van der Waals surface area contributed by atoms with Gasteiger partial charge in [0.15, 0.2) is 12.5 Å². The molecule has 2 saturated heterocycles. The van der Waals surface area contributed by atoms with Gasteiger partial charge in [-0.3, -0.25) is 28.2 Å². The van der Waals surface area contributed by atoms with Crippen LogP contribution in [0.2, 0.25) is 0 Å². The average Bonchev–Trinajstić information content (AvgIpc) is 3.24. The van der Waals surface area contributed by atoms with Gasteiger partial charge >= 0.3 is 21.3 Å². The highest BCUT2D eigenvalue weighted by Crippen LogP contribution is 2.61. The quantitative estimate of drug-likeness (QED) is 0.0984. The standard InChI is InChI=1S/C23H31N3O17P2/c27-9-12-17(30)19(32)16(24-15(29)8-11-4-2-1-3-5-11)22(41-12)42-45(37,38)43-44(35,36)39-10-13-18(31)20(33)21(40-13)26-7-6-14(28)25-23(26)34/h1-7,12-13,16-22,27,30-33H,8-10H2,(H,24,29)(H,35,36)(H,37,38)(H,25,28,34)/t12-,13-,16+,17-,18-,19-,20-,21-,22-/m1/s1. The largest absolute Gasteiger partial charge is 0.483 e. The van der Waals surface area contributed by atoms with Crippen LogP contribution in [0.5, 0.6) is 0 Å². The summed E-state index contributed by atoms with van der Waals surface area (Å²) in [6, 6.07) is 7.44. The van der Waals surface area contributed by atoms with Gasteiger partial charge in [-0.1, -0.05) is 30.3 Å². The number of benzene rings is 1. The van der Waals surface area contributed by atoms with Gasteiger partial charge in [0.1, 0.15) is 42.7 Å². The first-order chi connectivity index (χ1) is 21.1. The normalized spacial score (nSPS) is 32.8. The lowest BCUT2D eigenvalue weighted by molar-refractivity contribution is -0.247. The fourth-order valence-electron chi connectivity index (χ4n) is 4.54. The maximum Gasteiger partial charge on any atom is 0.483 e. The zero-order chi connectivity index (χ0) is 33.1. The van der Waals surface area contributed by atoms with E-state index >= 15 is 0 Å². The number of aromatic nitrogens is 2. The van der Waals surface area contributed by atoms with Crippen LogP contribution in [0.15, 0.2) is 52.2 Å². The van der Waals surface area contributed by atoms with E-state index in [9.17, 15) is 58.8 Å². The first-order valence-corrected chi connectivity index (χ1v) is 16.1. The summed E-state index contributed by atoms with van der Waals surface area (Å²) in [5, 5.41) is 53.1. The van der Waals surface area contributed by atoms with Crippen molar-refractivity contribution >= 4 is 21.6 Å². The Kier molecular flexibility index (Phi) is 11.3. The van der Waals surface area contributed by atoms with E-state index in [2.05, 4.69) is 14.2 Å². The van der Waals surface area contributed by atoms with Crippen molar-refractivity contribution in [1.29, 1.82) is 0 Å². The van der Waals surface area contributed by atoms with Crippen LogP contribution in [-0.2, 0) is 43.2 Å². The van der Waals surface area contributed by atoms with E-state index in [4.69, 9.17) is 14.0 Å². The number of rotatable bonds is 12. The predicted octanol–water partition coefficient (Wildman–Crippen LogP) is -3.43. The number of nitrogens with zero attached hydrogens (tertiary/aromatic N) is 1. The Bertz CT molecular complexity index is 1540. The molecule has 1 aromatic heterocycles. The number of aliphatic hydroxyl groups is 5. The number of aromatic amines is 1. The molecule has 45 heavy (non-hydrogen) atoms. The number of phosphoric ester groups is 2. The molecule has 1 amide bonds. The van der Waals surface area contributed by atoms with Crippen molar-refractivity contribution in [1.82, 2.24) is 14.9 Å². The van der Waals surface area contributed by atoms with Crippen LogP contribution in [-0.4, -0.2) is 113 Å². The summed E-state index contributed by atoms with van der Waals surface area (Å²) in [7, 11) is -11.3. The number of ether oxygens (including phenoxy) is 2. The van der Waals surface area contributed by atoms with Gasteiger partial charge in [-0.05, 0) is 5.56 Å². The minimum Gasteiger partial charge on any atom is -0.394 e. The van der Waals surface area contributed by atoms with Gasteiger partial charge in [0.05, 0.1) is 19.6 Å². The van der Waals surface area contributed by atoms with E-state index < -0.39 is 101 Å². The molecule has 20 nitrogen and oxygen atoms in total. The number of phosphoric acid groups is 2. The molecule has 250 valence electrons. The molecule has 2 fully saturated rings. The molecule has 0 bridgehead atoms. The van der Waals surface area contributed by atoms with Crippen molar-refractivity contribution in [3.63, 3.8) is 0 Å². The van der Waals surface area contributed by atoms with E-state index in [1.807, 2.05) is 4.98 Å². The maximum absolute atomic E-state index is 12.7. The lowest BCUT2D eigenvalue weighted by Gasteiger charge is -2.42. The lowest BCUT2D eigenvalue weighted by atomic mass is 9.97. The third-order valence-corrected chi connectivity index (χ3v) is 9.32. The summed E-state index contributed by atoms with van der Waals surface area (Å²) >= 11 is 0. The number of amides is 1. The van der Waals surface area contributed by atoms with Crippen LogP contribution in [0, 0.1) is 0 Å². The monoisotopic (exact) mass is 683 g/mol. The smallest absolute Gasteiger partial charge is 0.394 e. The van der Waals surface area contributed by atoms with E-state index in [0.29, 0.717) is 5.56 Å². The SMILES string of the molecule is O=C(Cc1ccccc1)N[C@@H]1[C@@H](OP(=O)(O)OP(=O)(O)OC[C@H]2O[C@@H](n3ccc(=O)[nH]c3=O)[C@H](O)[C@@H]2O)O[C@H](CO)[C@@H](O)[C@@H]1O. The molecule has 0 radical (unpaired) electrons. The third-order valence-electron chi connectivity index (χ3n) is 6.72. The van der Waals surface area contributed by atoms with Gasteiger partial charge in [-0.15, -0.1) is 0 Å². The summed E-state index contributed by atoms with van der Waals surface area (Å²) < 4.78 is 50.2. The van der Waals surface area contributed by atoms with Gasteiger partial charge < -0.3 is 50.1 Å². The first kappa shape index (κ1) is 35.2. The second-order valence-corrected chi connectivity index (χ2v) is 12.9. The second-order valence-electron chi connectivity index (χ2n) is 9.95. The van der Waals surface area contributed by atoms with Crippen molar-refractivity contribution in [2.45, 2.75) is 61.6 Å². The molecule has 2 unspecified atom stereocenters. The molecular formula is C23H31N3O17P2. The van der Waals surface area contributed by atoms with Gasteiger partial charge in [0, 0.05) is 12.3 Å². The second kappa shape index (κ2) is 14.4. The number of H-pyrrole nitrogens is 1. The summed E-state index contributed by atoms with van der Waals surface area (Å²) in [4.78, 5) is 58.2. The van der Waals surface area contributed by atoms with Crippen LogP contribution in [0.4, 0.5) is 0 Å². The Balaban J connectivity index is 1.40. The predicted molar refractivity (Wildman–Crippen MR) is 145 cm³/mol. The average molecular weight is 683 g/mol. The molecule has 0 aliphatic carbocycles. The highest BCUT2D eigenvalue weighted by Gasteiger charge is 2.50. The van der Waals surface area contributed by atoms with Crippen LogP contribution < -0.4 is 16.6 Å². The van der Waals surface area contributed by atoms with Gasteiger partial charge in [-0.25, -0.2) is 13.9 Å². The van der Waals surface area contributed by atoms with E-state index in [1.165, 1.54) is 0 Å². The highest BCUT2D eigenvalue weighted by atomic mass is 31.3. The van der Waals surface area contributed by atoms with Crippen LogP contribution in [0.25, 0.3) is 0 Å². The molecule has 0 saturated carbocycles. The molecule has 2 aliphatic rings. The molecule has 22 heteroatoms. The molecule has 9 N–H and O–H groups in total. The Hall–Kier alpha value is -2.65. The number of hydrogen-bond acceptors (Lipinski definition) is 15. The molecule has 0 spiro atoms. The topological polar surface area (TPSA) is 306 Å². The molecule has 3 heterocycles. The Morgan fingerprint density at radius 2 is 1.60 bits per heavy atom. The number of aliphatic hydroxyl groups excluding tert-OH is 5. The first-order valence-electron chi connectivity index (χ1n) is 13.1. The van der Waals surface area contributed by atoms with Crippen molar-refractivity contribution in [3.05, 3.63) is 69.0 Å². The van der Waals surface area contributed by atoms with Crippen LogP contribution in [0.1, 0.15) is 11.8 Å². The van der Waals surface area contributed by atoms with Gasteiger partial charge in [0.2, 0.25) is 5.91 Å². The fourth-order valence-corrected chi connectivity index (χ4v) is 6.70. The van der Waals surface area contributed by atoms with E-state index in [0.717, 1.165) is 16.8 Å². The summed E-state index contributed by atoms with van der Waals surface area (Å²) in [5.74, 6) is -0.748. The van der Waals surface area contributed by atoms with E-state index in [-0.39, 0.29) is 6.42 Å². The molecule has 2 aliphatic heterocycles. The summed E-state index contributed by atoms with van der Waals surface area (Å²) in [6.07, 6.45) is -13.5. The van der Waals surface area contributed by atoms with Crippen molar-refractivity contribution in [2.75, 3.05) is 13.2 Å². The van der Waals surface area contributed by atoms with Gasteiger partial charge in [-0.2, -0.15) is 4.31 Å². The number of hydrogen-bond donors (Lipinski definition) is 9. The minimum atomic E-state index is -5.69. The maximum atomic E-state index is 12.7. The van der Waals surface area contributed by atoms with Crippen LogP contribution >= 0.6 is 15.6 Å². The Morgan fingerprint density at radius 3 is 2.24 bits per heavy atom. The van der Waals surface area contributed by atoms with Crippen LogP contribution in [0.3, 0.4) is 0 Å². The third kappa shape index (κ3) is 8.79. The zero-order valence-corrected chi connectivity index (χ0v) is 24.7. The fraction of sp³-hybridized carbons (Fsp3) is 0.522. The molecule has 1 aromatic carbocycles.